The van der Waals surface area contributed by atoms with Gasteiger partial charge in [-0.15, -0.1) is 0 Å². The number of nitrogens with zero attached hydrogens (tertiary/aromatic N) is 2. The third-order valence-corrected chi connectivity index (χ3v) is 2.56. The second kappa shape index (κ2) is 6.30. The summed E-state index contributed by atoms with van der Waals surface area (Å²) >= 11 is 1.75. The summed E-state index contributed by atoms with van der Waals surface area (Å²) in [6.45, 7) is 11.8. The Morgan fingerprint density at radius 3 is 2.08 bits per heavy atom. The van der Waals surface area contributed by atoms with Crippen LogP contribution in [-0.2, 0) is 0 Å². The maximum Gasteiger partial charge on any atom is 0.112 e. The van der Waals surface area contributed by atoms with Crippen LogP contribution in [0.25, 0.3) is 0 Å². The highest BCUT2D eigenvalue weighted by atomic mass is 32.2. The summed E-state index contributed by atoms with van der Waals surface area (Å²) in [6.07, 6.45) is 2.10. The van der Waals surface area contributed by atoms with Gasteiger partial charge in [0.2, 0.25) is 0 Å². The van der Waals surface area contributed by atoms with E-state index in [9.17, 15) is 0 Å². The predicted octanol–water partition coefficient (Wildman–Crippen LogP) is 3.05. The first kappa shape index (κ1) is 12.8. The zero-order chi connectivity index (χ0) is 10.4. The summed E-state index contributed by atoms with van der Waals surface area (Å²) in [6, 6.07) is 0.388. The minimum Gasteiger partial charge on any atom is -0.305 e. The van der Waals surface area contributed by atoms with Crippen LogP contribution in [-0.4, -0.2) is 29.0 Å². The molecule has 0 saturated heterocycles. The normalized spacial score (nSPS) is 12.8. The maximum atomic E-state index is 4.64. The molecule has 0 heterocycles. The fourth-order valence-electron chi connectivity index (χ4n) is 1.15. The number of hydrogen-bond acceptors (Lipinski definition) is 2. The van der Waals surface area contributed by atoms with E-state index in [0.717, 1.165) is 6.54 Å². The van der Waals surface area contributed by atoms with Crippen LogP contribution in [0.4, 0.5) is 0 Å². The van der Waals surface area contributed by atoms with Crippen molar-refractivity contribution in [3.05, 3.63) is 0 Å². The van der Waals surface area contributed by atoms with Crippen molar-refractivity contribution in [2.24, 2.45) is 10.9 Å². The molecule has 0 aliphatic carbocycles. The van der Waals surface area contributed by atoms with Crippen molar-refractivity contribution in [1.82, 2.24) is 4.31 Å². The molecule has 0 N–H and O–H groups in total. The molecular weight excluding hydrogens is 180 g/mol. The van der Waals surface area contributed by atoms with E-state index in [4.69, 9.17) is 0 Å². The first-order chi connectivity index (χ1) is 6.02. The summed E-state index contributed by atoms with van der Waals surface area (Å²) in [4.78, 5) is 4.64. The van der Waals surface area contributed by atoms with Gasteiger partial charge in [0.15, 0.2) is 0 Å². The predicted molar refractivity (Wildman–Crippen MR) is 63.3 cm³/mol. The molecule has 0 unspecified atom stereocenters. The second-order valence-corrected chi connectivity index (χ2v) is 4.42. The maximum absolute atomic E-state index is 4.64. The van der Waals surface area contributed by atoms with Gasteiger partial charge in [0.1, 0.15) is 5.84 Å². The summed E-state index contributed by atoms with van der Waals surface area (Å²) in [5.41, 5.74) is 0. The van der Waals surface area contributed by atoms with Crippen molar-refractivity contribution < 1.29 is 0 Å². The van der Waals surface area contributed by atoms with Crippen molar-refractivity contribution in [3.63, 3.8) is 0 Å². The Balaban J connectivity index is 4.58. The highest BCUT2D eigenvalue weighted by Crippen LogP contribution is 2.13. The molecule has 0 aliphatic heterocycles. The molecule has 0 amide bonds. The summed E-state index contributed by atoms with van der Waals surface area (Å²) in [5.74, 6) is 1.72. The van der Waals surface area contributed by atoms with E-state index < -0.39 is 0 Å². The van der Waals surface area contributed by atoms with E-state index >= 15 is 0 Å². The minimum atomic E-state index is 0.388. The van der Waals surface area contributed by atoms with Gasteiger partial charge in [0, 0.05) is 24.8 Å². The number of amidine groups is 1. The van der Waals surface area contributed by atoms with Crippen molar-refractivity contribution in [3.8, 4) is 0 Å². The molecular formula is C10H22N2S. The van der Waals surface area contributed by atoms with Gasteiger partial charge in [-0.05, 0) is 20.8 Å². The Labute approximate surface area is 86.9 Å². The van der Waals surface area contributed by atoms with Crippen molar-refractivity contribution in [2.75, 3.05) is 12.8 Å². The van der Waals surface area contributed by atoms with Crippen LogP contribution in [0.15, 0.2) is 4.99 Å². The smallest absolute Gasteiger partial charge is 0.112 e. The lowest BCUT2D eigenvalue weighted by atomic mass is 10.2. The number of aliphatic imine (C=N–C) groups is 1. The Morgan fingerprint density at radius 2 is 1.85 bits per heavy atom. The third-order valence-electron chi connectivity index (χ3n) is 1.67. The number of hydrogen-bond donors (Lipinski definition) is 0. The van der Waals surface area contributed by atoms with Gasteiger partial charge in [-0.3, -0.25) is 4.99 Å². The van der Waals surface area contributed by atoms with E-state index in [2.05, 4.69) is 50.2 Å². The van der Waals surface area contributed by atoms with Gasteiger partial charge in [-0.2, -0.15) is 0 Å². The number of rotatable bonds is 4. The van der Waals surface area contributed by atoms with Crippen LogP contribution in [0.5, 0.6) is 0 Å². The van der Waals surface area contributed by atoms with E-state index in [1.165, 1.54) is 5.84 Å². The van der Waals surface area contributed by atoms with Gasteiger partial charge in [-0.25, -0.2) is 0 Å². The molecule has 0 aromatic carbocycles. The summed E-state index contributed by atoms with van der Waals surface area (Å²) in [7, 11) is 0. The highest BCUT2D eigenvalue weighted by Gasteiger charge is 2.12. The topological polar surface area (TPSA) is 15.6 Å². The Bertz CT molecular complexity index is 160. The van der Waals surface area contributed by atoms with E-state index in [0.29, 0.717) is 12.0 Å². The lowest BCUT2D eigenvalue weighted by Gasteiger charge is -2.25. The highest BCUT2D eigenvalue weighted by molar-refractivity contribution is 7.96. The average molecular weight is 202 g/mol. The molecule has 13 heavy (non-hydrogen) atoms. The van der Waals surface area contributed by atoms with E-state index in [-0.39, 0.29) is 0 Å². The molecule has 0 aromatic heterocycles. The third kappa shape index (κ3) is 4.55. The SMILES string of the molecule is CCN(SC)C(=NC(C)C)C(C)C. The lowest BCUT2D eigenvalue weighted by Crippen LogP contribution is -2.29. The lowest BCUT2D eigenvalue weighted by molar-refractivity contribution is 0.636. The molecule has 0 aromatic rings. The standard InChI is InChI=1S/C10H22N2S/c1-7-12(13-6)10(8(2)3)11-9(4)5/h8-9H,7H2,1-6H3. The quantitative estimate of drug-likeness (QED) is 0.395. The van der Waals surface area contributed by atoms with Crippen LogP contribution in [0, 0.1) is 5.92 Å². The zero-order valence-corrected chi connectivity index (χ0v) is 10.5. The molecule has 0 aliphatic rings. The van der Waals surface area contributed by atoms with Gasteiger partial charge in [0.25, 0.3) is 0 Å². The van der Waals surface area contributed by atoms with Gasteiger partial charge in [-0.1, -0.05) is 25.8 Å². The van der Waals surface area contributed by atoms with Gasteiger partial charge in [0.05, 0.1) is 0 Å². The molecule has 0 fully saturated rings. The molecule has 2 nitrogen and oxygen atoms in total. The first-order valence-electron chi connectivity index (χ1n) is 4.92. The van der Waals surface area contributed by atoms with Gasteiger partial charge < -0.3 is 4.31 Å². The summed E-state index contributed by atoms with van der Waals surface area (Å²) in [5, 5.41) is 0. The molecule has 0 spiro atoms. The molecule has 3 heteroatoms. The van der Waals surface area contributed by atoms with Crippen LogP contribution in [0.3, 0.4) is 0 Å². The monoisotopic (exact) mass is 202 g/mol. The molecule has 78 valence electrons. The van der Waals surface area contributed by atoms with Crippen molar-refractivity contribution >= 4 is 17.8 Å². The Hall–Kier alpha value is -0.180. The van der Waals surface area contributed by atoms with Crippen LogP contribution in [0.2, 0.25) is 0 Å². The fraction of sp³-hybridized carbons (Fsp3) is 0.900. The van der Waals surface area contributed by atoms with Crippen LogP contribution in [0.1, 0.15) is 34.6 Å². The van der Waals surface area contributed by atoms with E-state index in [1.807, 2.05) is 0 Å². The molecule has 0 bridgehead atoms. The first-order valence-corrected chi connectivity index (χ1v) is 6.10. The Morgan fingerprint density at radius 1 is 1.31 bits per heavy atom. The summed E-state index contributed by atoms with van der Waals surface area (Å²) < 4.78 is 2.25. The van der Waals surface area contributed by atoms with E-state index in [1.54, 1.807) is 11.9 Å². The fourth-order valence-corrected chi connectivity index (χ4v) is 1.85. The molecule has 0 atom stereocenters. The average Bonchev–Trinajstić information content (AvgIpc) is 2.04. The van der Waals surface area contributed by atoms with Crippen molar-refractivity contribution in [2.45, 2.75) is 40.7 Å². The minimum absolute atomic E-state index is 0.388. The van der Waals surface area contributed by atoms with Crippen LogP contribution < -0.4 is 0 Å². The molecule has 0 radical (unpaired) electrons. The van der Waals surface area contributed by atoms with Crippen LogP contribution >= 0.6 is 11.9 Å². The Kier molecular flexibility index (Phi) is 6.21. The largest absolute Gasteiger partial charge is 0.305 e. The second-order valence-electron chi connectivity index (χ2n) is 3.61. The zero-order valence-electron chi connectivity index (χ0n) is 9.66. The van der Waals surface area contributed by atoms with Gasteiger partial charge >= 0.3 is 0 Å². The van der Waals surface area contributed by atoms with Crippen molar-refractivity contribution in [1.29, 1.82) is 0 Å². The molecule has 0 saturated carbocycles. The molecule has 0 rings (SSSR count).